The van der Waals surface area contributed by atoms with E-state index in [1.165, 1.54) is 5.56 Å². The molecule has 7 nitrogen and oxygen atoms in total. The van der Waals surface area contributed by atoms with Crippen LogP contribution in [0.5, 0.6) is 0 Å². The molecule has 1 amide bonds. The number of guanidine groups is 1. The van der Waals surface area contributed by atoms with Gasteiger partial charge in [-0.1, -0.05) is 12.1 Å². The summed E-state index contributed by atoms with van der Waals surface area (Å²) in [5, 5.41) is 10.4. The average molecular weight is 383 g/mol. The molecule has 0 spiro atoms. The Balaban J connectivity index is 1.43. The normalized spacial score (nSPS) is 15.5. The topological polar surface area (TPSA) is 74.5 Å². The van der Waals surface area contributed by atoms with Crippen LogP contribution in [0.15, 0.2) is 47.7 Å². The van der Waals surface area contributed by atoms with Gasteiger partial charge in [0.25, 0.3) is 0 Å². The number of benzene rings is 1. The lowest BCUT2D eigenvalue weighted by molar-refractivity contribution is -0.121. The standard InChI is InChI=1S/C21H30N6O/c1-22-20(28)16-18-9-14-26(15-10-18)21(23-2)24-12-8-17-4-6-19(7-5-17)27-13-3-11-25-27/h3-7,11,13,18H,8-10,12,14-16H2,1-2H3,(H,22,28)(H,23,24). The van der Waals surface area contributed by atoms with E-state index < -0.39 is 0 Å². The van der Waals surface area contributed by atoms with Crippen molar-refractivity contribution < 1.29 is 4.79 Å². The molecule has 3 rings (SSSR count). The van der Waals surface area contributed by atoms with E-state index >= 15 is 0 Å². The maximum absolute atomic E-state index is 11.5. The fourth-order valence-electron chi connectivity index (χ4n) is 3.60. The molecular formula is C21H30N6O. The zero-order valence-corrected chi connectivity index (χ0v) is 16.8. The molecule has 2 aromatic rings. The summed E-state index contributed by atoms with van der Waals surface area (Å²) in [6.45, 7) is 2.73. The van der Waals surface area contributed by atoms with Gasteiger partial charge in [0.1, 0.15) is 0 Å². The Morgan fingerprint density at radius 2 is 2.00 bits per heavy atom. The number of likely N-dealkylation sites (tertiary alicyclic amines) is 1. The van der Waals surface area contributed by atoms with Crippen LogP contribution < -0.4 is 10.6 Å². The number of aromatic nitrogens is 2. The minimum atomic E-state index is 0.138. The molecule has 1 aromatic heterocycles. The number of nitrogens with one attached hydrogen (secondary N) is 2. The quantitative estimate of drug-likeness (QED) is 0.591. The summed E-state index contributed by atoms with van der Waals surface area (Å²) in [6, 6.07) is 10.4. The summed E-state index contributed by atoms with van der Waals surface area (Å²) in [5.74, 6) is 1.56. The third-order valence-electron chi connectivity index (χ3n) is 5.28. The Labute approximate surface area is 166 Å². The average Bonchev–Trinajstić information content (AvgIpc) is 3.27. The summed E-state index contributed by atoms with van der Waals surface area (Å²) in [6.07, 6.45) is 7.35. The first-order chi connectivity index (χ1) is 13.7. The van der Waals surface area contributed by atoms with Crippen LogP contribution in [0.4, 0.5) is 0 Å². The smallest absolute Gasteiger partial charge is 0.220 e. The van der Waals surface area contributed by atoms with E-state index in [4.69, 9.17) is 0 Å². The second-order valence-corrected chi connectivity index (χ2v) is 7.15. The molecular weight excluding hydrogens is 352 g/mol. The van der Waals surface area contributed by atoms with E-state index in [0.29, 0.717) is 12.3 Å². The Morgan fingerprint density at radius 1 is 1.25 bits per heavy atom. The molecule has 7 heteroatoms. The fourth-order valence-corrected chi connectivity index (χ4v) is 3.60. The highest BCUT2D eigenvalue weighted by Gasteiger charge is 2.22. The molecule has 28 heavy (non-hydrogen) atoms. The van der Waals surface area contributed by atoms with Crippen molar-refractivity contribution in [3.8, 4) is 5.69 Å². The van der Waals surface area contributed by atoms with Gasteiger partial charge in [-0.15, -0.1) is 0 Å². The first kappa shape index (κ1) is 19.9. The summed E-state index contributed by atoms with van der Waals surface area (Å²) in [7, 11) is 3.53. The van der Waals surface area contributed by atoms with Gasteiger partial charge in [-0.05, 0) is 48.9 Å². The van der Waals surface area contributed by atoms with Crippen LogP contribution in [0, 0.1) is 5.92 Å². The minimum Gasteiger partial charge on any atom is -0.359 e. The minimum absolute atomic E-state index is 0.138. The maximum atomic E-state index is 11.5. The maximum Gasteiger partial charge on any atom is 0.220 e. The number of rotatable bonds is 6. The monoisotopic (exact) mass is 382 g/mol. The zero-order valence-electron chi connectivity index (χ0n) is 16.8. The Bertz CT molecular complexity index is 761. The van der Waals surface area contributed by atoms with Crippen molar-refractivity contribution in [2.24, 2.45) is 10.9 Å². The van der Waals surface area contributed by atoms with Crippen molar-refractivity contribution in [1.29, 1.82) is 0 Å². The van der Waals surface area contributed by atoms with Crippen LogP contribution in [0.3, 0.4) is 0 Å². The van der Waals surface area contributed by atoms with Crippen LogP contribution in [0.1, 0.15) is 24.8 Å². The second-order valence-electron chi connectivity index (χ2n) is 7.15. The fraction of sp³-hybridized carbons (Fsp3) is 0.476. The second kappa shape index (κ2) is 9.92. The molecule has 1 aliphatic heterocycles. The first-order valence-corrected chi connectivity index (χ1v) is 9.94. The van der Waals surface area contributed by atoms with E-state index in [1.807, 2.05) is 24.0 Å². The highest BCUT2D eigenvalue weighted by molar-refractivity contribution is 5.80. The Kier molecular flexibility index (Phi) is 7.06. The Morgan fingerprint density at radius 3 is 2.61 bits per heavy atom. The van der Waals surface area contributed by atoms with Crippen LogP contribution in [0.25, 0.3) is 5.69 Å². The molecule has 0 bridgehead atoms. The Hall–Kier alpha value is -2.83. The number of nitrogens with zero attached hydrogens (tertiary/aromatic N) is 4. The van der Waals surface area contributed by atoms with E-state index in [9.17, 15) is 4.79 Å². The largest absolute Gasteiger partial charge is 0.359 e. The first-order valence-electron chi connectivity index (χ1n) is 9.94. The molecule has 1 fully saturated rings. The van der Waals surface area contributed by atoms with Crippen molar-refractivity contribution in [1.82, 2.24) is 25.3 Å². The van der Waals surface area contributed by atoms with Gasteiger partial charge in [0.05, 0.1) is 5.69 Å². The predicted molar refractivity (Wildman–Crippen MR) is 112 cm³/mol. The molecule has 0 unspecified atom stereocenters. The number of piperidine rings is 1. The lowest BCUT2D eigenvalue weighted by Crippen LogP contribution is -2.46. The van der Waals surface area contributed by atoms with Crippen LogP contribution in [-0.2, 0) is 11.2 Å². The molecule has 0 radical (unpaired) electrons. The number of aliphatic imine (C=N–C) groups is 1. The van der Waals surface area contributed by atoms with Gasteiger partial charge < -0.3 is 15.5 Å². The van der Waals surface area contributed by atoms with Crippen molar-refractivity contribution in [2.45, 2.75) is 25.7 Å². The van der Waals surface area contributed by atoms with Gasteiger partial charge in [-0.25, -0.2) is 4.68 Å². The number of carbonyl (C=O) groups excluding carboxylic acids is 1. The highest BCUT2D eigenvalue weighted by Crippen LogP contribution is 2.20. The van der Waals surface area contributed by atoms with Crippen LogP contribution in [-0.4, -0.2) is 60.3 Å². The van der Waals surface area contributed by atoms with Gasteiger partial charge in [0, 0.05) is 52.5 Å². The highest BCUT2D eigenvalue weighted by atomic mass is 16.1. The molecule has 0 saturated carbocycles. The summed E-state index contributed by atoms with van der Waals surface area (Å²) in [5.41, 5.74) is 2.35. The molecule has 0 atom stereocenters. The van der Waals surface area contributed by atoms with Gasteiger partial charge in [-0.3, -0.25) is 9.79 Å². The lowest BCUT2D eigenvalue weighted by Gasteiger charge is -2.34. The lowest BCUT2D eigenvalue weighted by atomic mass is 9.93. The third kappa shape index (κ3) is 5.34. The molecule has 1 saturated heterocycles. The van der Waals surface area contributed by atoms with Crippen molar-refractivity contribution >= 4 is 11.9 Å². The molecule has 150 valence electrons. The van der Waals surface area contributed by atoms with Gasteiger partial charge in [0.2, 0.25) is 5.91 Å². The van der Waals surface area contributed by atoms with Crippen molar-refractivity contribution in [3.05, 3.63) is 48.3 Å². The van der Waals surface area contributed by atoms with Crippen molar-refractivity contribution in [3.63, 3.8) is 0 Å². The number of amides is 1. The van der Waals surface area contributed by atoms with E-state index in [-0.39, 0.29) is 5.91 Å². The molecule has 1 aliphatic rings. The number of hydrogen-bond acceptors (Lipinski definition) is 3. The van der Waals surface area contributed by atoms with Gasteiger partial charge >= 0.3 is 0 Å². The number of carbonyl (C=O) groups is 1. The SMILES string of the molecule is CN=C(NCCc1ccc(-n2cccn2)cc1)N1CCC(CC(=O)NC)CC1. The summed E-state index contributed by atoms with van der Waals surface area (Å²) in [4.78, 5) is 18.3. The van der Waals surface area contributed by atoms with E-state index in [0.717, 1.165) is 50.5 Å². The van der Waals surface area contributed by atoms with Gasteiger partial charge in [0.15, 0.2) is 5.96 Å². The predicted octanol–water partition coefficient (Wildman–Crippen LogP) is 1.84. The molecule has 2 heterocycles. The van der Waals surface area contributed by atoms with Gasteiger partial charge in [-0.2, -0.15) is 5.10 Å². The molecule has 0 aliphatic carbocycles. The molecule has 2 N–H and O–H groups in total. The van der Waals surface area contributed by atoms with E-state index in [2.05, 4.69) is 49.9 Å². The van der Waals surface area contributed by atoms with Crippen LogP contribution >= 0.6 is 0 Å². The molecule has 1 aromatic carbocycles. The van der Waals surface area contributed by atoms with Crippen molar-refractivity contribution in [2.75, 3.05) is 33.7 Å². The summed E-state index contributed by atoms with van der Waals surface area (Å²) >= 11 is 0. The number of hydrogen-bond donors (Lipinski definition) is 2. The zero-order chi connectivity index (χ0) is 19.8. The van der Waals surface area contributed by atoms with Crippen LogP contribution in [0.2, 0.25) is 0 Å². The van der Waals surface area contributed by atoms with E-state index in [1.54, 1.807) is 13.2 Å². The third-order valence-corrected chi connectivity index (χ3v) is 5.28. The summed E-state index contributed by atoms with van der Waals surface area (Å²) < 4.78 is 1.86.